The quantitative estimate of drug-likeness (QED) is 0.803. The van der Waals surface area contributed by atoms with Gasteiger partial charge in [-0.05, 0) is 38.0 Å². The summed E-state index contributed by atoms with van der Waals surface area (Å²) in [6.07, 6.45) is 9.24. The molecule has 0 amide bonds. The number of aliphatic hydroxyl groups excluding tert-OH is 1. The fourth-order valence-corrected chi connectivity index (χ4v) is 4.64. The minimum atomic E-state index is -0.688. The fourth-order valence-electron chi connectivity index (χ4n) is 4.64. The van der Waals surface area contributed by atoms with Gasteiger partial charge in [-0.2, -0.15) is 0 Å². The Morgan fingerprint density at radius 2 is 1.58 bits per heavy atom. The lowest BCUT2D eigenvalue weighted by Gasteiger charge is -2.42. The van der Waals surface area contributed by atoms with Gasteiger partial charge in [-0.15, -0.1) is 0 Å². The van der Waals surface area contributed by atoms with E-state index in [1.807, 2.05) is 0 Å². The molecule has 4 heteroatoms. The van der Waals surface area contributed by atoms with E-state index in [0.29, 0.717) is 12.0 Å². The Morgan fingerprint density at radius 3 is 2.26 bits per heavy atom. The molecule has 108 valence electrons. The maximum Gasteiger partial charge on any atom is 0.320 e. The topological polar surface area (TPSA) is 60.8 Å². The lowest BCUT2D eigenvalue weighted by Crippen LogP contribution is -2.54. The van der Waals surface area contributed by atoms with Gasteiger partial charge in [-0.25, -0.2) is 0 Å². The lowest BCUT2D eigenvalue weighted by molar-refractivity contribution is -0.145. The van der Waals surface area contributed by atoms with Crippen molar-refractivity contribution in [1.29, 1.82) is 0 Å². The molecule has 3 aliphatic rings. The first-order valence-corrected chi connectivity index (χ1v) is 7.87. The van der Waals surface area contributed by atoms with Crippen molar-refractivity contribution in [3.63, 3.8) is 0 Å². The maximum atomic E-state index is 11.6. The second-order valence-corrected chi connectivity index (χ2v) is 6.57. The van der Waals surface area contributed by atoms with Gasteiger partial charge < -0.3 is 10.2 Å². The van der Waals surface area contributed by atoms with Crippen LogP contribution in [0.2, 0.25) is 0 Å². The third-order valence-electron chi connectivity index (χ3n) is 5.50. The van der Waals surface area contributed by atoms with Crippen LogP contribution >= 0.6 is 0 Å². The summed E-state index contributed by atoms with van der Waals surface area (Å²) in [6.45, 7) is 0. The number of carboxylic acids is 1. The van der Waals surface area contributed by atoms with E-state index in [0.717, 1.165) is 38.5 Å². The van der Waals surface area contributed by atoms with Gasteiger partial charge in [0.15, 0.2) is 0 Å². The van der Waals surface area contributed by atoms with Crippen molar-refractivity contribution in [2.45, 2.75) is 82.0 Å². The molecule has 4 nitrogen and oxygen atoms in total. The van der Waals surface area contributed by atoms with E-state index in [9.17, 15) is 15.0 Å². The number of likely N-dealkylation sites (tertiary alicyclic amines) is 1. The number of hydrogen-bond donors (Lipinski definition) is 2. The van der Waals surface area contributed by atoms with Crippen LogP contribution in [0.5, 0.6) is 0 Å². The first-order chi connectivity index (χ1) is 9.18. The number of carboxylic acid groups (broad SMARTS) is 1. The number of carbonyl (C=O) groups is 1. The molecule has 0 aromatic heterocycles. The summed E-state index contributed by atoms with van der Waals surface area (Å²) in [5.74, 6) is -0.142. The van der Waals surface area contributed by atoms with Gasteiger partial charge >= 0.3 is 5.97 Å². The Bertz CT molecular complexity index is 346. The van der Waals surface area contributed by atoms with Gasteiger partial charge in [0.05, 0.1) is 6.10 Å². The van der Waals surface area contributed by atoms with E-state index < -0.39 is 5.97 Å². The minimum Gasteiger partial charge on any atom is -0.480 e. The molecular weight excluding hydrogens is 242 g/mol. The molecule has 2 saturated carbocycles. The van der Waals surface area contributed by atoms with Crippen molar-refractivity contribution >= 4 is 5.97 Å². The van der Waals surface area contributed by atoms with Crippen molar-refractivity contribution < 1.29 is 15.0 Å². The second kappa shape index (κ2) is 5.41. The van der Waals surface area contributed by atoms with Gasteiger partial charge in [0.1, 0.15) is 6.04 Å². The Balaban J connectivity index is 1.83. The molecule has 1 saturated heterocycles. The number of rotatable bonds is 2. The highest BCUT2D eigenvalue weighted by molar-refractivity contribution is 5.74. The van der Waals surface area contributed by atoms with Crippen LogP contribution in [0.4, 0.5) is 0 Å². The van der Waals surface area contributed by atoms with Crippen molar-refractivity contribution in [3.05, 3.63) is 0 Å². The summed E-state index contributed by atoms with van der Waals surface area (Å²) in [7, 11) is 0. The van der Waals surface area contributed by atoms with E-state index >= 15 is 0 Å². The van der Waals surface area contributed by atoms with Crippen molar-refractivity contribution in [2.24, 2.45) is 5.92 Å². The molecule has 5 unspecified atom stereocenters. The van der Waals surface area contributed by atoms with Crippen LogP contribution in [-0.2, 0) is 4.79 Å². The van der Waals surface area contributed by atoms with Gasteiger partial charge in [0, 0.05) is 12.1 Å². The highest BCUT2D eigenvalue weighted by Crippen LogP contribution is 2.43. The van der Waals surface area contributed by atoms with E-state index in [4.69, 9.17) is 0 Å². The summed E-state index contributed by atoms with van der Waals surface area (Å²) in [4.78, 5) is 13.8. The number of nitrogens with zero attached hydrogens (tertiary/aromatic N) is 1. The SMILES string of the molecule is O=C(O)C1CC2CCCCC2N1C1CCCCC1O. The zero-order valence-corrected chi connectivity index (χ0v) is 11.5. The molecule has 1 heterocycles. The van der Waals surface area contributed by atoms with Gasteiger partial charge in [-0.3, -0.25) is 9.69 Å². The molecule has 19 heavy (non-hydrogen) atoms. The van der Waals surface area contributed by atoms with E-state index in [1.54, 1.807) is 0 Å². The first-order valence-electron chi connectivity index (χ1n) is 7.87. The summed E-state index contributed by atoms with van der Waals surface area (Å²) in [5.41, 5.74) is 0. The average Bonchev–Trinajstić information content (AvgIpc) is 2.79. The van der Waals surface area contributed by atoms with E-state index in [2.05, 4.69) is 4.90 Å². The van der Waals surface area contributed by atoms with Gasteiger partial charge in [0.25, 0.3) is 0 Å². The molecular formula is C15H25NO3. The molecule has 0 spiro atoms. The number of aliphatic hydroxyl groups is 1. The highest BCUT2D eigenvalue weighted by atomic mass is 16.4. The van der Waals surface area contributed by atoms with Crippen LogP contribution in [0.3, 0.4) is 0 Å². The van der Waals surface area contributed by atoms with Crippen LogP contribution in [0.1, 0.15) is 57.8 Å². The molecule has 5 atom stereocenters. The number of hydrogen-bond acceptors (Lipinski definition) is 3. The van der Waals surface area contributed by atoms with Crippen molar-refractivity contribution in [1.82, 2.24) is 4.90 Å². The van der Waals surface area contributed by atoms with Crippen LogP contribution < -0.4 is 0 Å². The molecule has 0 aromatic carbocycles. The first kappa shape index (κ1) is 13.4. The van der Waals surface area contributed by atoms with Gasteiger partial charge in [-0.1, -0.05) is 25.7 Å². The number of fused-ring (bicyclic) bond motifs is 1. The molecule has 0 bridgehead atoms. The Hall–Kier alpha value is -0.610. The van der Waals surface area contributed by atoms with Gasteiger partial charge in [0.2, 0.25) is 0 Å². The third-order valence-corrected chi connectivity index (χ3v) is 5.50. The zero-order chi connectivity index (χ0) is 13.4. The van der Waals surface area contributed by atoms with Crippen LogP contribution in [0, 0.1) is 5.92 Å². The standard InChI is InChI=1S/C15H25NO3/c17-14-8-4-3-7-12(14)16-11-6-2-1-5-10(11)9-13(16)15(18)19/h10-14,17H,1-9H2,(H,18,19). The highest BCUT2D eigenvalue weighted by Gasteiger charge is 2.49. The predicted molar refractivity (Wildman–Crippen MR) is 71.9 cm³/mol. The predicted octanol–water partition coefficient (Wildman–Crippen LogP) is 2.01. The number of aliphatic carboxylic acids is 1. The average molecular weight is 267 g/mol. The molecule has 0 aromatic rings. The Kier molecular flexibility index (Phi) is 3.81. The monoisotopic (exact) mass is 267 g/mol. The largest absolute Gasteiger partial charge is 0.480 e. The third kappa shape index (κ3) is 2.40. The van der Waals surface area contributed by atoms with Crippen molar-refractivity contribution in [2.75, 3.05) is 0 Å². The van der Waals surface area contributed by atoms with Crippen LogP contribution in [0.15, 0.2) is 0 Å². The molecule has 2 aliphatic carbocycles. The fraction of sp³-hybridized carbons (Fsp3) is 0.933. The summed E-state index contributed by atoms with van der Waals surface area (Å²) in [5, 5.41) is 19.8. The zero-order valence-electron chi connectivity index (χ0n) is 11.5. The summed E-state index contributed by atoms with van der Waals surface area (Å²) >= 11 is 0. The van der Waals surface area contributed by atoms with Crippen LogP contribution in [-0.4, -0.2) is 45.3 Å². The minimum absolute atomic E-state index is 0.0861. The molecule has 0 radical (unpaired) electrons. The van der Waals surface area contributed by atoms with E-state index in [1.165, 1.54) is 19.3 Å². The Labute approximate surface area is 114 Å². The molecule has 3 fully saturated rings. The Morgan fingerprint density at radius 1 is 0.947 bits per heavy atom. The summed E-state index contributed by atoms with van der Waals surface area (Å²) < 4.78 is 0. The lowest BCUT2D eigenvalue weighted by atomic mass is 9.83. The van der Waals surface area contributed by atoms with Crippen LogP contribution in [0.25, 0.3) is 0 Å². The normalized spacial score (nSPS) is 43.9. The van der Waals surface area contributed by atoms with E-state index in [-0.39, 0.29) is 18.2 Å². The molecule has 3 rings (SSSR count). The summed E-state index contributed by atoms with van der Waals surface area (Å²) in [6, 6.07) is 0.140. The molecule has 2 N–H and O–H groups in total. The maximum absolute atomic E-state index is 11.6. The molecule has 1 aliphatic heterocycles. The second-order valence-electron chi connectivity index (χ2n) is 6.57. The van der Waals surface area contributed by atoms with Crippen molar-refractivity contribution in [3.8, 4) is 0 Å². The smallest absolute Gasteiger partial charge is 0.320 e.